The zero-order chi connectivity index (χ0) is 18.8. The minimum Gasteiger partial charge on any atom is -0.504 e. The largest absolute Gasteiger partial charge is 0.504 e. The van der Waals surface area contributed by atoms with E-state index in [0.29, 0.717) is 23.4 Å². The van der Waals surface area contributed by atoms with E-state index >= 15 is 0 Å². The van der Waals surface area contributed by atoms with Crippen molar-refractivity contribution in [2.75, 3.05) is 33.3 Å². The highest BCUT2D eigenvalue weighted by molar-refractivity contribution is 6.30. The van der Waals surface area contributed by atoms with Crippen molar-refractivity contribution in [1.82, 2.24) is 14.8 Å². The van der Waals surface area contributed by atoms with Gasteiger partial charge in [0.1, 0.15) is 6.61 Å². The molecule has 2 aromatic rings. The third-order valence-electron chi connectivity index (χ3n) is 5.67. The molecular formula is C21H26ClN3O2. The van der Waals surface area contributed by atoms with Crippen LogP contribution in [0.1, 0.15) is 24.8 Å². The molecule has 0 spiro atoms. The number of likely N-dealkylation sites (tertiary alicyclic amines) is 1. The zero-order valence-corrected chi connectivity index (χ0v) is 16.5. The Morgan fingerprint density at radius 1 is 1.30 bits per heavy atom. The minimum absolute atomic E-state index is 0.177. The number of rotatable bonds is 4. The Bertz CT molecular complexity index is 797. The van der Waals surface area contributed by atoms with Crippen LogP contribution in [0.3, 0.4) is 0 Å². The van der Waals surface area contributed by atoms with Gasteiger partial charge < -0.3 is 14.7 Å². The van der Waals surface area contributed by atoms with Gasteiger partial charge >= 0.3 is 0 Å². The Morgan fingerprint density at radius 3 is 2.93 bits per heavy atom. The molecule has 6 heteroatoms. The quantitative estimate of drug-likeness (QED) is 0.865. The Balaban J connectivity index is 1.52. The van der Waals surface area contributed by atoms with Gasteiger partial charge in [-0.15, -0.1) is 0 Å². The molecule has 0 amide bonds. The van der Waals surface area contributed by atoms with Gasteiger partial charge in [0.05, 0.1) is 10.7 Å². The van der Waals surface area contributed by atoms with E-state index in [4.69, 9.17) is 16.3 Å². The SMILES string of the molecule is CN1CCC[C@H]1CCN1CCOc2c(O)cc(-c3ccc(Cl)cn3)cc2C1. The summed E-state index contributed by atoms with van der Waals surface area (Å²) in [6.45, 7) is 4.50. The van der Waals surface area contributed by atoms with E-state index in [2.05, 4.69) is 27.9 Å². The highest BCUT2D eigenvalue weighted by Gasteiger charge is 2.24. The predicted molar refractivity (Wildman–Crippen MR) is 107 cm³/mol. The normalized spacial score (nSPS) is 20.9. The number of halogens is 1. The van der Waals surface area contributed by atoms with Gasteiger partial charge in [-0.3, -0.25) is 9.88 Å². The molecule has 1 N–H and O–H groups in total. The fraction of sp³-hybridized carbons (Fsp3) is 0.476. The molecule has 1 aromatic heterocycles. The summed E-state index contributed by atoms with van der Waals surface area (Å²) < 4.78 is 5.87. The summed E-state index contributed by atoms with van der Waals surface area (Å²) in [6.07, 6.45) is 5.40. The number of aromatic nitrogens is 1. The average Bonchev–Trinajstić information content (AvgIpc) is 2.94. The van der Waals surface area contributed by atoms with Crippen molar-refractivity contribution in [3.05, 3.63) is 41.0 Å². The number of hydrogen-bond donors (Lipinski definition) is 1. The van der Waals surface area contributed by atoms with Crippen LogP contribution in [0.15, 0.2) is 30.5 Å². The van der Waals surface area contributed by atoms with Crippen LogP contribution in [-0.2, 0) is 6.54 Å². The standard InChI is InChI=1S/C21H26ClN3O2/c1-24-7-2-3-18(24)6-8-25-9-10-27-21-16(14-25)11-15(12-20(21)26)19-5-4-17(22)13-23-19/h4-5,11-13,18,26H,2-3,6-10,14H2,1H3/t18-/m0/s1. The average molecular weight is 388 g/mol. The van der Waals surface area contributed by atoms with Crippen LogP contribution >= 0.6 is 11.6 Å². The van der Waals surface area contributed by atoms with Crippen molar-refractivity contribution < 1.29 is 9.84 Å². The van der Waals surface area contributed by atoms with Crippen molar-refractivity contribution in [3.8, 4) is 22.8 Å². The van der Waals surface area contributed by atoms with E-state index in [0.717, 1.165) is 36.5 Å². The summed E-state index contributed by atoms with van der Waals surface area (Å²) >= 11 is 5.94. The van der Waals surface area contributed by atoms with Crippen molar-refractivity contribution >= 4 is 11.6 Å². The number of hydrogen-bond acceptors (Lipinski definition) is 5. The summed E-state index contributed by atoms with van der Waals surface area (Å²) in [5.41, 5.74) is 2.68. The third-order valence-corrected chi connectivity index (χ3v) is 5.89. The van der Waals surface area contributed by atoms with Crippen LogP contribution in [0, 0.1) is 0 Å². The number of aromatic hydroxyl groups is 1. The van der Waals surface area contributed by atoms with E-state index < -0.39 is 0 Å². The molecule has 27 heavy (non-hydrogen) atoms. The van der Waals surface area contributed by atoms with Gasteiger partial charge in [0.15, 0.2) is 11.5 Å². The first kappa shape index (κ1) is 18.5. The molecule has 0 radical (unpaired) electrons. The fourth-order valence-electron chi connectivity index (χ4n) is 4.11. The topological polar surface area (TPSA) is 48.8 Å². The van der Waals surface area contributed by atoms with Gasteiger partial charge in [0, 0.05) is 43.0 Å². The van der Waals surface area contributed by atoms with Gasteiger partial charge in [-0.2, -0.15) is 0 Å². The van der Waals surface area contributed by atoms with Crippen LogP contribution in [0.5, 0.6) is 11.5 Å². The molecule has 2 aliphatic heterocycles. The maximum atomic E-state index is 10.5. The Hall–Kier alpha value is -1.82. The smallest absolute Gasteiger partial charge is 0.165 e. The fourth-order valence-corrected chi connectivity index (χ4v) is 4.23. The van der Waals surface area contributed by atoms with Gasteiger partial charge in [-0.05, 0) is 57.1 Å². The van der Waals surface area contributed by atoms with Gasteiger partial charge in [0.2, 0.25) is 0 Å². The molecule has 1 aromatic carbocycles. The molecule has 2 aliphatic rings. The highest BCUT2D eigenvalue weighted by atomic mass is 35.5. The van der Waals surface area contributed by atoms with E-state index in [1.807, 2.05) is 12.1 Å². The number of fused-ring (bicyclic) bond motifs is 1. The molecule has 0 unspecified atom stereocenters. The third kappa shape index (κ3) is 4.21. The lowest BCUT2D eigenvalue weighted by Crippen LogP contribution is -2.32. The number of nitrogens with zero attached hydrogens (tertiary/aromatic N) is 3. The maximum Gasteiger partial charge on any atom is 0.165 e. The Kier molecular flexibility index (Phi) is 5.53. The summed E-state index contributed by atoms with van der Waals surface area (Å²) in [7, 11) is 2.22. The predicted octanol–water partition coefficient (Wildman–Crippen LogP) is 3.79. The van der Waals surface area contributed by atoms with Crippen LogP contribution in [0.2, 0.25) is 5.02 Å². The van der Waals surface area contributed by atoms with Crippen molar-refractivity contribution in [2.24, 2.45) is 0 Å². The first-order valence-corrected chi connectivity index (χ1v) is 10.0. The number of phenolic OH excluding ortho intramolecular Hbond substituents is 1. The lowest BCUT2D eigenvalue weighted by atomic mass is 10.0. The van der Waals surface area contributed by atoms with Gasteiger partial charge in [-0.1, -0.05) is 11.6 Å². The molecule has 1 saturated heterocycles. The van der Waals surface area contributed by atoms with Gasteiger partial charge in [-0.25, -0.2) is 0 Å². The van der Waals surface area contributed by atoms with E-state index in [1.54, 1.807) is 12.3 Å². The summed E-state index contributed by atoms with van der Waals surface area (Å²) in [4.78, 5) is 9.27. The second kappa shape index (κ2) is 8.05. The molecule has 144 valence electrons. The number of ether oxygens (including phenoxy) is 1. The first-order valence-electron chi connectivity index (χ1n) is 9.63. The number of benzene rings is 1. The summed E-state index contributed by atoms with van der Waals surface area (Å²) in [5, 5.41) is 11.1. The first-order chi connectivity index (χ1) is 13.1. The molecule has 1 fully saturated rings. The maximum absolute atomic E-state index is 10.5. The lowest BCUT2D eigenvalue weighted by molar-refractivity contribution is 0.197. The van der Waals surface area contributed by atoms with Crippen molar-refractivity contribution in [2.45, 2.75) is 31.8 Å². The van der Waals surface area contributed by atoms with Crippen LogP contribution in [0.4, 0.5) is 0 Å². The molecule has 3 heterocycles. The van der Waals surface area contributed by atoms with E-state index in [-0.39, 0.29) is 5.75 Å². The lowest BCUT2D eigenvalue weighted by Gasteiger charge is -2.24. The summed E-state index contributed by atoms with van der Waals surface area (Å²) in [6, 6.07) is 8.16. The van der Waals surface area contributed by atoms with Crippen molar-refractivity contribution in [3.63, 3.8) is 0 Å². The van der Waals surface area contributed by atoms with Crippen molar-refractivity contribution in [1.29, 1.82) is 0 Å². The molecule has 0 aliphatic carbocycles. The molecular weight excluding hydrogens is 362 g/mol. The van der Waals surface area contributed by atoms with E-state index in [9.17, 15) is 5.11 Å². The number of pyridine rings is 1. The number of phenols is 1. The molecule has 4 rings (SSSR count). The molecule has 0 bridgehead atoms. The Morgan fingerprint density at radius 2 is 2.19 bits per heavy atom. The van der Waals surface area contributed by atoms with Crippen LogP contribution in [-0.4, -0.2) is 59.2 Å². The molecule has 1 atom stereocenters. The summed E-state index contributed by atoms with van der Waals surface area (Å²) in [5.74, 6) is 0.782. The van der Waals surface area contributed by atoms with Crippen LogP contribution < -0.4 is 4.74 Å². The van der Waals surface area contributed by atoms with E-state index in [1.165, 1.54) is 25.8 Å². The highest BCUT2D eigenvalue weighted by Crippen LogP contribution is 2.37. The monoisotopic (exact) mass is 387 g/mol. The second-order valence-electron chi connectivity index (χ2n) is 7.54. The second-order valence-corrected chi connectivity index (χ2v) is 7.97. The Labute approximate surface area is 165 Å². The van der Waals surface area contributed by atoms with Crippen LogP contribution in [0.25, 0.3) is 11.3 Å². The minimum atomic E-state index is 0.177. The zero-order valence-electron chi connectivity index (χ0n) is 15.7. The molecule has 0 saturated carbocycles. The van der Waals surface area contributed by atoms with Gasteiger partial charge in [0.25, 0.3) is 0 Å². The molecule has 5 nitrogen and oxygen atoms in total.